The van der Waals surface area contributed by atoms with Crippen molar-refractivity contribution in [1.82, 2.24) is 0 Å². The fourth-order valence-corrected chi connectivity index (χ4v) is 1.31. The van der Waals surface area contributed by atoms with Gasteiger partial charge in [-0.05, 0) is 12.1 Å². The molecule has 0 heterocycles. The SMILES string of the molecule is CO[Si](C)OCc1ccccc1. The van der Waals surface area contributed by atoms with Gasteiger partial charge in [0.2, 0.25) is 0 Å². The Morgan fingerprint density at radius 2 is 1.92 bits per heavy atom. The number of benzene rings is 1. The van der Waals surface area contributed by atoms with Gasteiger partial charge in [-0.3, -0.25) is 0 Å². The second kappa shape index (κ2) is 5.08. The average molecular weight is 181 g/mol. The minimum atomic E-state index is -1.03. The highest BCUT2D eigenvalue weighted by Crippen LogP contribution is 2.01. The largest absolute Gasteiger partial charge is 0.397 e. The van der Waals surface area contributed by atoms with Crippen LogP contribution in [0, 0.1) is 0 Å². The first-order valence-corrected chi connectivity index (χ1v) is 5.69. The van der Waals surface area contributed by atoms with Crippen molar-refractivity contribution in [1.29, 1.82) is 0 Å². The zero-order valence-electron chi connectivity index (χ0n) is 7.41. The number of rotatable bonds is 4. The van der Waals surface area contributed by atoms with Crippen LogP contribution in [0.1, 0.15) is 5.56 Å². The van der Waals surface area contributed by atoms with E-state index in [1.54, 1.807) is 7.11 Å². The molecule has 0 N–H and O–H groups in total. The Morgan fingerprint density at radius 3 is 2.50 bits per heavy atom. The summed E-state index contributed by atoms with van der Waals surface area (Å²) in [5.41, 5.74) is 1.19. The fraction of sp³-hybridized carbons (Fsp3) is 0.333. The predicted molar refractivity (Wildman–Crippen MR) is 49.9 cm³/mol. The lowest BCUT2D eigenvalue weighted by Gasteiger charge is -2.07. The average Bonchev–Trinajstić information content (AvgIpc) is 2.16. The van der Waals surface area contributed by atoms with Gasteiger partial charge in [0.25, 0.3) is 0 Å². The molecule has 0 fully saturated rings. The predicted octanol–water partition coefficient (Wildman–Crippen LogP) is 1.97. The molecule has 0 bridgehead atoms. The topological polar surface area (TPSA) is 18.5 Å². The van der Waals surface area contributed by atoms with Crippen molar-refractivity contribution in [3.63, 3.8) is 0 Å². The molecule has 0 aliphatic carbocycles. The van der Waals surface area contributed by atoms with Gasteiger partial charge in [-0.2, -0.15) is 0 Å². The Balaban J connectivity index is 2.33. The van der Waals surface area contributed by atoms with Crippen molar-refractivity contribution in [2.75, 3.05) is 7.11 Å². The van der Waals surface area contributed by atoms with E-state index < -0.39 is 9.28 Å². The highest BCUT2D eigenvalue weighted by atomic mass is 28.3. The van der Waals surface area contributed by atoms with E-state index in [1.165, 1.54) is 5.56 Å². The first-order valence-electron chi connectivity index (χ1n) is 3.87. The molecular formula is C9H13O2Si. The van der Waals surface area contributed by atoms with Gasteiger partial charge in [-0.15, -0.1) is 0 Å². The van der Waals surface area contributed by atoms with E-state index in [0.29, 0.717) is 6.61 Å². The van der Waals surface area contributed by atoms with Crippen LogP contribution in [0.15, 0.2) is 30.3 Å². The monoisotopic (exact) mass is 181 g/mol. The summed E-state index contributed by atoms with van der Waals surface area (Å²) in [6.07, 6.45) is 0. The van der Waals surface area contributed by atoms with Gasteiger partial charge >= 0.3 is 9.28 Å². The molecule has 3 heteroatoms. The van der Waals surface area contributed by atoms with Gasteiger partial charge in [-0.25, -0.2) is 0 Å². The maximum atomic E-state index is 5.46. The zero-order valence-corrected chi connectivity index (χ0v) is 8.41. The van der Waals surface area contributed by atoms with Gasteiger partial charge in [0.15, 0.2) is 0 Å². The van der Waals surface area contributed by atoms with E-state index in [9.17, 15) is 0 Å². The molecule has 0 saturated carbocycles. The van der Waals surface area contributed by atoms with Gasteiger partial charge in [-0.1, -0.05) is 30.3 Å². The summed E-state index contributed by atoms with van der Waals surface area (Å²) >= 11 is 0. The number of hydrogen-bond acceptors (Lipinski definition) is 2. The molecule has 0 unspecified atom stereocenters. The molecule has 0 spiro atoms. The van der Waals surface area contributed by atoms with Gasteiger partial charge in [0, 0.05) is 7.11 Å². The highest BCUT2D eigenvalue weighted by Gasteiger charge is 2.04. The molecule has 12 heavy (non-hydrogen) atoms. The summed E-state index contributed by atoms with van der Waals surface area (Å²) in [5.74, 6) is 0. The van der Waals surface area contributed by atoms with Gasteiger partial charge in [0.05, 0.1) is 6.61 Å². The zero-order chi connectivity index (χ0) is 8.81. The molecule has 65 valence electrons. The summed E-state index contributed by atoms with van der Waals surface area (Å²) in [7, 11) is 0.653. The first-order chi connectivity index (χ1) is 5.83. The summed E-state index contributed by atoms with van der Waals surface area (Å²) in [6.45, 7) is 2.63. The maximum Gasteiger partial charge on any atom is 0.381 e. The molecule has 1 aromatic rings. The third kappa shape index (κ3) is 3.17. The smallest absolute Gasteiger partial charge is 0.381 e. The fourth-order valence-electron chi connectivity index (χ4n) is 0.818. The molecule has 1 aromatic carbocycles. The van der Waals surface area contributed by atoms with Crippen LogP contribution in [-0.4, -0.2) is 16.4 Å². The van der Waals surface area contributed by atoms with Crippen LogP contribution in [-0.2, 0) is 15.5 Å². The minimum Gasteiger partial charge on any atom is -0.397 e. The lowest BCUT2D eigenvalue weighted by molar-refractivity contribution is 0.225. The molecule has 1 radical (unpaired) electrons. The first kappa shape index (κ1) is 9.44. The summed E-state index contributed by atoms with van der Waals surface area (Å²) < 4.78 is 10.5. The van der Waals surface area contributed by atoms with Crippen LogP contribution in [0.2, 0.25) is 6.55 Å². The van der Waals surface area contributed by atoms with Crippen molar-refractivity contribution < 1.29 is 8.85 Å². The van der Waals surface area contributed by atoms with Crippen LogP contribution in [0.25, 0.3) is 0 Å². The Kier molecular flexibility index (Phi) is 4.00. The second-order valence-corrected chi connectivity index (χ2v) is 4.15. The van der Waals surface area contributed by atoms with E-state index in [-0.39, 0.29) is 0 Å². The Labute approximate surface area is 75.0 Å². The standard InChI is InChI=1S/C9H13O2Si/c1-10-12(2)11-8-9-6-4-3-5-7-9/h3-7H,8H2,1-2H3. The second-order valence-electron chi connectivity index (χ2n) is 2.47. The molecule has 0 aromatic heterocycles. The van der Waals surface area contributed by atoms with Crippen LogP contribution >= 0.6 is 0 Å². The Morgan fingerprint density at radius 1 is 1.25 bits per heavy atom. The molecule has 1 rings (SSSR count). The van der Waals surface area contributed by atoms with Crippen LogP contribution < -0.4 is 0 Å². The van der Waals surface area contributed by atoms with Gasteiger partial charge < -0.3 is 8.85 Å². The Bertz CT molecular complexity index is 213. The molecule has 0 aliphatic heterocycles. The molecule has 0 amide bonds. The molecular weight excluding hydrogens is 168 g/mol. The van der Waals surface area contributed by atoms with E-state index in [1.807, 2.05) is 36.9 Å². The van der Waals surface area contributed by atoms with Crippen molar-refractivity contribution in [2.45, 2.75) is 13.2 Å². The van der Waals surface area contributed by atoms with E-state index in [0.717, 1.165) is 0 Å². The molecule has 0 aliphatic rings. The van der Waals surface area contributed by atoms with Gasteiger partial charge in [0.1, 0.15) is 0 Å². The van der Waals surface area contributed by atoms with E-state index in [2.05, 4.69) is 0 Å². The van der Waals surface area contributed by atoms with Crippen LogP contribution in [0.3, 0.4) is 0 Å². The third-order valence-electron chi connectivity index (χ3n) is 1.57. The maximum absolute atomic E-state index is 5.46. The van der Waals surface area contributed by atoms with E-state index >= 15 is 0 Å². The molecule has 2 nitrogen and oxygen atoms in total. The third-order valence-corrected chi connectivity index (χ3v) is 2.70. The molecule has 0 saturated heterocycles. The minimum absolute atomic E-state index is 0.652. The lowest BCUT2D eigenvalue weighted by Crippen LogP contribution is -2.15. The summed E-state index contributed by atoms with van der Waals surface area (Å²) in [5, 5.41) is 0. The highest BCUT2D eigenvalue weighted by molar-refractivity contribution is 6.42. The Hall–Kier alpha value is -0.643. The molecule has 0 atom stereocenters. The lowest BCUT2D eigenvalue weighted by atomic mass is 10.2. The van der Waals surface area contributed by atoms with E-state index in [4.69, 9.17) is 8.85 Å². The van der Waals surface area contributed by atoms with Crippen LogP contribution in [0.5, 0.6) is 0 Å². The van der Waals surface area contributed by atoms with Crippen molar-refractivity contribution in [3.05, 3.63) is 35.9 Å². The van der Waals surface area contributed by atoms with Crippen LogP contribution in [0.4, 0.5) is 0 Å². The van der Waals surface area contributed by atoms with Crippen molar-refractivity contribution in [3.8, 4) is 0 Å². The van der Waals surface area contributed by atoms with Crippen molar-refractivity contribution in [2.24, 2.45) is 0 Å². The summed E-state index contributed by atoms with van der Waals surface area (Å²) in [4.78, 5) is 0. The number of hydrogen-bond donors (Lipinski definition) is 0. The summed E-state index contributed by atoms with van der Waals surface area (Å²) in [6, 6.07) is 10.1. The quantitative estimate of drug-likeness (QED) is 0.661. The van der Waals surface area contributed by atoms with Crippen molar-refractivity contribution >= 4 is 9.28 Å². The normalized spacial score (nSPS) is 10.6.